The molecule has 146 valence electrons. The maximum absolute atomic E-state index is 12.0. The number of methoxy groups -OCH3 is 3. The average Bonchev–Trinajstić information content (AvgIpc) is 2.68. The van der Waals surface area contributed by atoms with Crippen molar-refractivity contribution >= 4 is 0 Å². The van der Waals surface area contributed by atoms with E-state index in [-0.39, 0.29) is 11.5 Å². The van der Waals surface area contributed by atoms with Crippen molar-refractivity contribution in [3.63, 3.8) is 0 Å². The highest BCUT2D eigenvalue weighted by atomic mass is 16.5. The Labute approximate surface area is 159 Å². The van der Waals surface area contributed by atoms with Crippen molar-refractivity contribution in [2.45, 2.75) is 31.9 Å². The molecule has 1 aliphatic rings. The number of piperidine rings is 1. The van der Waals surface area contributed by atoms with Gasteiger partial charge in [0.1, 0.15) is 17.3 Å². The molecule has 1 fully saturated rings. The first-order chi connectivity index (χ1) is 13.1. The van der Waals surface area contributed by atoms with Crippen molar-refractivity contribution in [1.29, 1.82) is 0 Å². The van der Waals surface area contributed by atoms with Gasteiger partial charge in [-0.15, -0.1) is 0 Å². The van der Waals surface area contributed by atoms with Crippen molar-refractivity contribution < 1.29 is 14.2 Å². The van der Waals surface area contributed by atoms with Gasteiger partial charge in [0.05, 0.1) is 26.5 Å². The van der Waals surface area contributed by atoms with Crippen LogP contribution in [-0.2, 0) is 17.9 Å². The first-order valence-corrected chi connectivity index (χ1v) is 9.15. The molecule has 7 heteroatoms. The van der Waals surface area contributed by atoms with E-state index >= 15 is 0 Å². The number of rotatable bonds is 7. The lowest BCUT2D eigenvalue weighted by molar-refractivity contribution is 0.178. The molecule has 0 spiro atoms. The zero-order valence-electron chi connectivity index (χ0n) is 16.2. The van der Waals surface area contributed by atoms with Crippen LogP contribution in [-0.4, -0.2) is 49.3 Å². The molecule has 2 aromatic rings. The molecule has 27 heavy (non-hydrogen) atoms. The van der Waals surface area contributed by atoms with Gasteiger partial charge in [0, 0.05) is 37.7 Å². The second kappa shape index (κ2) is 9.01. The highest BCUT2D eigenvalue weighted by Gasteiger charge is 2.24. The SMILES string of the molecule is COCc1cc(=O)[nH]c(C2CCCN(Cc3cc(OC)ccc3OC)C2)n1. The second-order valence-electron chi connectivity index (χ2n) is 6.81. The molecular weight excluding hydrogens is 346 g/mol. The molecule has 7 nitrogen and oxygen atoms in total. The number of benzene rings is 1. The molecule has 0 saturated carbocycles. The lowest BCUT2D eigenvalue weighted by atomic mass is 9.96. The first kappa shape index (κ1) is 19.4. The van der Waals surface area contributed by atoms with Crippen molar-refractivity contribution in [3.8, 4) is 11.5 Å². The minimum absolute atomic E-state index is 0.126. The minimum atomic E-state index is -0.126. The zero-order valence-corrected chi connectivity index (χ0v) is 16.2. The molecule has 1 saturated heterocycles. The molecule has 1 unspecified atom stereocenters. The number of likely N-dealkylation sites (tertiary alicyclic amines) is 1. The van der Waals surface area contributed by atoms with Crippen LogP contribution in [0.15, 0.2) is 29.1 Å². The Morgan fingerprint density at radius 2 is 2.07 bits per heavy atom. The largest absolute Gasteiger partial charge is 0.497 e. The molecule has 1 aromatic carbocycles. The highest BCUT2D eigenvalue weighted by Crippen LogP contribution is 2.29. The Bertz CT molecular complexity index is 821. The van der Waals surface area contributed by atoms with Gasteiger partial charge < -0.3 is 19.2 Å². The Hall–Kier alpha value is -2.38. The van der Waals surface area contributed by atoms with Crippen LogP contribution in [0.25, 0.3) is 0 Å². The van der Waals surface area contributed by atoms with Crippen molar-refractivity contribution in [2.75, 3.05) is 34.4 Å². The molecule has 0 bridgehead atoms. The van der Waals surface area contributed by atoms with Crippen molar-refractivity contribution in [1.82, 2.24) is 14.9 Å². The summed E-state index contributed by atoms with van der Waals surface area (Å²) < 4.78 is 16.0. The average molecular weight is 373 g/mol. The summed E-state index contributed by atoms with van der Waals surface area (Å²) in [5, 5.41) is 0. The third-order valence-corrected chi connectivity index (χ3v) is 4.88. The number of aromatic nitrogens is 2. The molecule has 0 radical (unpaired) electrons. The van der Waals surface area contributed by atoms with E-state index in [2.05, 4.69) is 14.9 Å². The van der Waals surface area contributed by atoms with Crippen LogP contribution in [0.3, 0.4) is 0 Å². The molecule has 0 aliphatic carbocycles. The Balaban J connectivity index is 1.76. The number of nitrogens with zero attached hydrogens (tertiary/aromatic N) is 2. The molecule has 0 amide bonds. The Kier molecular flexibility index (Phi) is 6.47. The number of nitrogens with one attached hydrogen (secondary N) is 1. The number of hydrogen-bond donors (Lipinski definition) is 1. The topological polar surface area (TPSA) is 76.7 Å². The fourth-order valence-corrected chi connectivity index (χ4v) is 3.61. The van der Waals surface area contributed by atoms with E-state index < -0.39 is 0 Å². The Morgan fingerprint density at radius 3 is 2.81 bits per heavy atom. The van der Waals surface area contributed by atoms with Crippen LogP contribution < -0.4 is 15.0 Å². The van der Waals surface area contributed by atoms with E-state index in [9.17, 15) is 4.79 Å². The van der Waals surface area contributed by atoms with Gasteiger partial charge in [0.2, 0.25) is 0 Å². The third kappa shape index (κ3) is 4.87. The lowest BCUT2D eigenvalue weighted by Gasteiger charge is -2.32. The summed E-state index contributed by atoms with van der Waals surface area (Å²) in [6.45, 7) is 2.94. The van der Waals surface area contributed by atoms with E-state index in [0.717, 1.165) is 55.4 Å². The summed E-state index contributed by atoms with van der Waals surface area (Å²) in [7, 11) is 4.95. The van der Waals surface area contributed by atoms with Gasteiger partial charge in [-0.25, -0.2) is 4.98 Å². The van der Waals surface area contributed by atoms with E-state index in [1.807, 2.05) is 18.2 Å². The number of aromatic amines is 1. The fourth-order valence-electron chi connectivity index (χ4n) is 3.61. The van der Waals surface area contributed by atoms with Crippen LogP contribution >= 0.6 is 0 Å². The first-order valence-electron chi connectivity index (χ1n) is 9.15. The van der Waals surface area contributed by atoms with Crippen molar-refractivity contribution in [3.05, 3.63) is 51.7 Å². The summed E-state index contributed by atoms with van der Waals surface area (Å²) in [6.07, 6.45) is 2.06. The molecule has 1 atom stereocenters. The quantitative estimate of drug-likeness (QED) is 0.803. The zero-order chi connectivity index (χ0) is 19.2. The number of hydrogen-bond acceptors (Lipinski definition) is 6. The number of ether oxygens (including phenoxy) is 3. The third-order valence-electron chi connectivity index (χ3n) is 4.88. The fraction of sp³-hybridized carbons (Fsp3) is 0.500. The molecule has 1 aromatic heterocycles. The van der Waals surface area contributed by atoms with E-state index in [4.69, 9.17) is 14.2 Å². The summed E-state index contributed by atoms with van der Waals surface area (Å²) in [4.78, 5) is 21.8. The van der Waals surface area contributed by atoms with Gasteiger partial charge in [0.25, 0.3) is 5.56 Å². The normalized spacial score (nSPS) is 17.7. The maximum Gasteiger partial charge on any atom is 0.251 e. The van der Waals surface area contributed by atoms with Crippen LogP contribution in [0.2, 0.25) is 0 Å². The predicted octanol–water partition coefficient (Wildman–Crippen LogP) is 2.31. The highest BCUT2D eigenvalue weighted by molar-refractivity contribution is 5.40. The summed E-state index contributed by atoms with van der Waals surface area (Å²) in [5.74, 6) is 2.61. The van der Waals surface area contributed by atoms with E-state index in [1.165, 1.54) is 6.07 Å². The van der Waals surface area contributed by atoms with Crippen LogP contribution in [0, 0.1) is 0 Å². The second-order valence-corrected chi connectivity index (χ2v) is 6.81. The van der Waals surface area contributed by atoms with Gasteiger partial charge in [-0.3, -0.25) is 9.69 Å². The maximum atomic E-state index is 12.0. The van der Waals surface area contributed by atoms with Crippen LogP contribution in [0.5, 0.6) is 11.5 Å². The predicted molar refractivity (Wildman–Crippen MR) is 102 cm³/mol. The van der Waals surface area contributed by atoms with E-state index in [1.54, 1.807) is 21.3 Å². The molecular formula is C20H27N3O4. The number of H-pyrrole nitrogens is 1. The van der Waals surface area contributed by atoms with Gasteiger partial charge in [-0.2, -0.15) is 0 Å². The molecule has 2 heterocycles. The van der Waals surface area contributed by atoms with Crippen LogP contribution in [0.4, 0.5) is 0 Å². The molecule has 1 aliphatic heterocycles. The molecule has 1 N–H and O–H groups in total. The van der Waals surface area contributed by atoms with Gasteiger partial charge in [-0.05, 0) is 37.6 Å². The van der Waals surface area contributed by atoms with Gasteiger partial charge in [0.15, 0.2) is 0 Å². The Morgan fingerprint density at radius 1 is 1.22 bits per heavy atom. The smallest absolute Gasteiger partial charge is 0.251 e. The summed E-state index contributed by atoms with van der Waals surface area (Å²) in [6, 6.07) is 7.34. The minimum Gasteiger partial charge on any atom is -0.497 e. The van der Waals surface area contributed by atoms with E-state index in [0.29, 0.717) is 12.3 Å². The summed E-state index contributed by atoms with van der Waals surface area (Å²) in [5.41, 5.74) is 1.63. The standard InChI is InChI=1S/C20H27N3O4/c1-25-13-16-10-19(24)22-20(21-16)14-5-4-8-23(11-14)12-15-9-17(26-2)6-7-18(15)27-3/h6-7,9-10,14H,4-5,8,11-13H2,1-3H3,(H,21,22,24). The lowest BCUT2D eigenvalue weighted by Crippen LogP contribution is -2.35. The monoisotopic (exact) mass is 373 g/mol. The summed E-state index contributed by atoms with van der Waals surface area (Å²) >= 11 is 0. The van der Waals surface area contributed by atoms with Gasteiger partial charge in [-0.1, -0.05) is 0 Å². The van der Waals surface area contributed by atoms with Crippen LogP contribution in [0.1, 0.15) is 35.8 Å². The molecule has 3 rings (SSSR count). The van der Waals surface area contributed by atoms with Gasteiger partial charge >= 0.3 is 0 Å². The van der Waals surface area contributed by atoms with Crippen molar-refractivity contribution in [2.24, 2.45) is 0 Å².